The second-order valence-corrected chi connectivity index (χ2v) is 3.39. The fourth-order valence-electron chi connectivity index (χ4n) is 0.939. The van der Waals surface area contributed by atoms with Crippen molar-refractivity contribution in [3.63, 3.8) is 0 Å². The van der Waals surface area contributed by atoms with Crippen LogP contribution < -0.4 is 0 Å². The molecule has 0 amide bonds. The molecular formula is C9H12ClNO. The summed E-state index contributed by atoms with van der Waals surface area (Å²) in [6, 6.07) is 1.89. The lowest BCUT2D eigenvalue weighted by atomic mass is 10.0. The Hall–Kier alpha value is -0.600. The zero-order valence-corrected chi connectivity index (χ0v) is 7.97. The summed E-state index contributed by atoms with van der Waals surface area (Å²) in [5.41, 5.74) is 1.80. The van der Waals surface area contributed by atoms with E-state index >= 15 is 0 Å². The molecule has 1 N–H and O–H groups in total. The fraction of sp³-hybridized carbons (Fsp3) is 0.444. The van der Waals surface area contributed by atoms with Crippen molar-refractivity contribution in [3.8, 4) is 0 Å². The lowest BCUT2D eigenvalue weighted by Crippen LogP contribution is -1.94. The summed E-state index contributed by atoms with van der Waals surface area (Å²) < 4.78 is 0. The molecule has 0 spiro atoms. The Balaban J connectivity index is 3.05. The average Bonchev–Trinajstić information content (AvgIpc) is 2.05. The van der Waals surface area contributed by atoms with Crippen molar-refractivity contribution in [2.75, 3.05) is 0 Å². The predicted molar refractivity (Wildman–Crippen MR) is 49.3 cm³/mol. The predicted octanol–water partition coefficient (Wildman–Crippen LogP) is 2.35. The van der Waals surface area contributed by atoms with E-state index in [2.05, 4.69) is 18.8 Å². The molecule has 1 rings (SSSR count). The largest absolute Gasteiger partial charge is 0.392 e. The van der Waals surface area contributed by atoms with Crippen LogP contribution in [0.5, 0.6) is 0 Å². The third-order valence-electron chi connectivity index (χ3n) is 1.77. The van der Waals surface area contributed by atoms with Crippen LogP contribution >= 0.6 is 11.6 Å². The van der Waals surface area contributed by atoms with Crippen molar-refractivity contribution in [3.05, 3.63) is 28.5 Å². The number of aliphatic hydroxyl groups is 1. The first-order valence-corrected chi connectivity index (χ1v) is 4.28. The Labute approximate surface area is 77.2 Å². The molecule has 66 valence electrons. The van der Waals surface area contributed by atoms with E-state index < -0.39 is 0 Å². The van der Waals surface area contributed by atoms with Gasteiger partial charge in [0, 0.05) is 11.8 Å². The van der Waals surface area contributed by atoms with Crippen molar-refractivity contribution < 1.29 is 5.11 Å². The van der Waals surface area contributed by atoms with Crippen molar-refractivity contribution in [1.29, 1.82) is 0 Å². The van der Waals surface area contributed by atoms with Crippen LogP contribution in [0.4, 0.5) is 0 Å². The van der Waals surface area contributed by atoms with Gasteiger partial charge in [0.05, 0.1) is 6.61 Å². The molecule has 0 unspecified atom stereocenters. The van der Waals surface area contributed by atoms with Crippen LogP contribution in [-0.2, 0) is 6.61 Å². The first kappa shape index (κ1) is 9.49. The van der Waals surface area contributed by atoms with E-state index in [1.165, 1.54) is 0 Å². The summed E-state index contributed by atoms with van der Waals surface area (Å²) >= 11 is 5.73. The lowest BCUT2D eigenvalue weighted by Gasteiger charge is -2.06. The maximum atomic E-state index is 8.90. The molecule has 1 aromatic heterocycles. The van der Waals surface area contributed by atoms with Gasteiger partial charge < -0.3 is 5.11 Å². The van der Waals surface area contributed by atoms with Crippen LogP contribution in [0.2, 0.25) is 5.15 Å². The second kappa shape index (κ2) is 3.87. The maximum Gasteiger partial charge on any atom is 0.134 e. The van der Waals surface area contributed by atoms with Crippen molar-refractivity contribution in [1.82, 2.24) is 4.98 Å². The highest BCUT2D eigenvalue weighted by Crippen LogP contribution is 2.19. The van der Waals surface area contributed by atoms with Crippen LogP contribution in [0.3, 0.4) is 0 Å². The van der Waals surface area contributed by atoms with E-state index in [9.17, 15) is 0 Å². The lowest BCUT2D eigenvalue weighted by molar-refractivity contribution is 0.281. The van der Waals surface area contributed by atoms with Crippen molar-refractivity contribution >= 4 is 11.6 Å². The van der Waals surface area contributed by atoms with Gasteiger partial charge in [0.1, 0.15) is 5.15 Å². The number of hydrogen-bond acceptors (Lipinski definition) is 2. The Bertz CT molecular complexity index is 273. The van der Waals surface area contributed by atoms with Crippen LogP contribution in [0.15, 0.2) is 12.3 Å². The number of aromatic nitrogens is 1. The zero-order chi connectivity index (χ0) is 9.14. The molecule has 3 heteroatoms. The fourth-order valence-corrected chi connectivity index (χ4v) is 1.10. The molecule has 0 radical (unpaired) electrons. The minimum Gasteiger partial charge on any atom is -0.392 e. The van der Waals surface area contributed by atoms with Gasteiger partial charge in [-0.05, 0) is 17.5 Å². The van der Waals surface area contributed by atoms with Gasteiger partial charge >= 0.3 is 0 Å². The molecule has 12 heavy (non-hydrogen) atoms. The highest BCUT2D eigenvalue weighted by molar-refractivity contribution is 6.30. The summed E-state index contributed by atoms with van der Waals surface area (Å²) in [6.07, 6.45) is 1.74. The summed E-state index contributed by atoms with van der Waals surface area (Å²) in [6.45, 7) is 4.10. The Kier molecular flexibility index (Phi) is 3.06. The number of aliphatic hydroxyl groups excluding tert-OH is 1. The molecule has 0 bridgehead atoms. The van der Waals surface area contributed by atoms with Gasteiger partial charge in [0.15, 0.2) is 0 Å². The first-order chi connectivity index (χ1) is 5.65. The summed E-state index contributed by atoms with van der Waals surface area (Å²) in [5, 5.41) is 9.29. The number of halogens is 1. The topological polar surface area (TPSA) is 33.1 Å². The van der Waals surface area contributed by atoms with E-state index in [4.69, 9.17) is 16.7 Å². The van der Waals surface area contributed by atoms with Crippen molar-refractivity contribution in [2.45, 2.75) is 26.4 Å². The normalized spacial score (nSPS) is 10.8. The highest BCUT2D eigenvalue weighted by atomic mass is 35.5. The van der Waals surface area contributed by atoms with Crippen molar-refractivity contribution in [2.24, 2.45) is 0 Å². The smallest absolute Gasteiger partial charge is 0.134 e. The molecule has 2 nitrogen and oxygen atoms in total. The quantitative estimate of drug-likeness (QED) is 0.718. The monoisotopic (exact) mass is 185 g/mol. The molecule has 0 aromatic carbocycles. The maximum absolute atomic E-state index is 8.90. The highest BCUT2D eigenvalue weighted by Gasteiger charge is 2.04. The van der Waals surface area contributed by atoms with Crippen LogP contribution in [0, 0.1) is 0 Å². The second-order valence-electron chi connectivity index (χ2n) is 3.03. The number of hydrogen-bond donors (Lipinski definition) is 1. The van der Waals surface area contributed by atoms with Gasteiger partial charge in [-0.2, -0.15) is 0 Å². The summed E-state index contributed by atoms with van der Waals surface area (Å²) in [5.74, 6) is 0.417. The molecule has 0 aliphatic heterocycles. The van der Waals surface area contributed by atoms with Gasteiger partial charge in [-0.3, -0.25) is 0 Å². The first-order valence-electron chi connectivity index (χ1n) is 3.90. The van der Waals surface area contributed by atoms with Gasteiger partial charge in [-0.25, -0.2) is 4.98 Å². The number of nitrogens with zero attached hydrogens (tertiary/aromatic N) is 1. The Morgan fingerprint density at radius 2 is 2.25 bits per heavy atom. The molecule has 0 saturated carbocycles. The number of pyridine rings is 1. The van der Waals surface area contributed by atoms with Gasteiger partial charge in [-0.15, -0.1) is 0 Å². The molecule has 0 atom stereocenters. The molecule has 0 saturated heterocycles. The molecule has 1 aromatic rings. The zero-order valence-electron chi connectivity index (χ0n) is 7.21. The van der Waals surface area contributed by atoms with Crippen LogP contribution in [0.1, 0.15) is 30.9 Å². The standard InChI is InChI=1S/C9H12ClNO/c1-6(2)7-3-8(5-12)9(10)11-4-7/h3-4,6,12H,5H2,1-2H3. The van der Waals surface area contributed by atoms with Crippen LogP contribution in [0.25, 0.3) is 0 Å². The molecule has 1 heterocycles. The number of rotatable bonds is 2. The van der Waals surface area contributed by atoms with Gasteiger partial charge in [0.2, 0.25) is 0 Å². The van der Waals surface area contributed by atoms with Gasteiger partial charge in [-0.1, -0.05) is 25.4 Å². The van der Waals surface area contributed by atoms with Gasteiger partial charge in [0.25, 0.3) is 0 Å². The molecule has 0 aliphatic carbocycles. The third-order valence-corrected chi connectivity index (χ3v) is 2.11. The van der Waals surface area contributed by atoms with Crippen LogP contribution in [-0.4, -0.2) is 10.1 Å². The van der Waals surface area contributed by atoms with E-state index in [-0.39, 0.29) is 6.61 Å². The molecule has 0 aliphatic rings. The van der Waals surface area contributed by atoms with E-state index in [0.717, 1.165) is 5.56 Å². The Morgan fingerprint density at radius 1 is 1.58 bits per heavy atom. The molecule has 0 fully saturated rings. The summed E-state index contributed by atoms with van der Waals surface area (Å²) in [7, 11) is 0. The minimum atomic E-state index is -0.0492. The third kappa shape index (κ3) is 1.96. The summed E-state index contributed by atoms with van der Waals surface area (Å²) in [4.78, 5) is 3.98. The Morgan fingerprint density at radius 3 is 2.75 bits per heavy atom. The van der Waals surface area contributed by atoms with E-state index in [1.807, 2.05) is 6.07 Å². The average molecular weight is 186 g/mol. The van der Waals surface area contributed by atoms with E-state index in [0.29, 0.717) is 16.6 Å². The van der Waals surface area contributed by atoms with E-state index in [1.54, 1.807) is 6.20 Å². The molecular weight excluding hydrogens is 174 g/mol. The SMILES string of the molecule is CC(C)c1cnc(Cl)c(CO)c1. The minimum absolute atomic E-state index is 0.0492.